The predicted octanol–water partition coefficient (Wildman–Crippen LogP) is 4.50. The van der Waals surface area contributed by atoms with Crippen molar-refractivity contribution in [1.82, 2.24) is 14.9 Å². The lowest BCUT2D eigenvalue weighted by Crippen LogP contribution is -2.22. The summed E-state index contributed by atoms with van der Waals surface area (Å²) >= 11 is 0. The molecule has 0 fully saturated rings. The largest absolute Gasteiger partial charge is 0.361 e. The van der Waals surface area contributed by atoms with Crippen LogP contribution in [0.2, 0.25) is 0 Å². The molecule has 0 saturated heterocycles. The Hall–Kier alpha value is -3.86. The first-order valence-electron chi connectivity index (χ1n) is 10.2. The summed E-state index contributed by atoms with van der Waals surface area (Å²) in [5.74, 6) is -0.684. The molecular weight excluding hydrogens is 374 g/mol. The number of H-pyrrole nitrogens is 1. The average molecular weight is 393 g/mol. The minimum absolute atomic E-state index is 0.338. The number of aromatic nitrogens is 2. The van der Waals surface area contributed by atoms with E-state index < -0.39 is 0 Å². The van der Waals surface area contributed by atoms with Gasteiger partial charge in [0.25, 0.3) is 11.8 Å². The Kier molecular flexibility index (Phi) is 3.59. The second-order valence-corrected chi connectivity index (χ2v) is 7.81. The molecule has 6 rings (SSSR count). The summed E-state index contributed by atoms with van der Waals surface area (Å²) in [5.41, 5.74) is 5.64. The molecule has 0 bridgehead atoms. The Morgan fingerprint density at radius 3 is 2.57 bits per heavy atom. The molecule has 4 aromatic rings. The number of fused-ring (bicyclic) bond motifs is 1. The number of allylic oxidation sites excluding steroid dienone is 1. The molecule has 146 valence electrons. The highest BCUT2D eigenvalue weighted by atomic mass is 16.2. The predicted molar refractivity (Wildman–Crippen MR) is 118 cm³/mol. The van der Waals surface area contributed by atoms with E-state index >= 15 is 0 Å². The van der Waals surface area contributed by atoms with Crippen molar-refractivity contribution >= 4 is 50.8 Å². The van der Waals surface area contributed by atoms with Crippen molar-refractivity contribution in [1.29, 1.82) is 0 Å². The number of nitrogens with one attached hydrogen (secondary N) is 2. The highest BCUT2D eigenvalue weighted by molar-refractivity contribution is 6.50. The fourth-order valence-electron chi connectivity index (χ4n) is 4.74. The van der Waals surface area contributed by atoms with Crippen LogP contribution in [0.4, 0.5) is 0 Å². The molecule has 5 nitrogen and oxygen atoms in total. The molecule has 2 aromatic carbocycles. The van der Waals surface area contributed by atoms with Gasteiger partial charge in [0.15, 0.2) is 0 Å². The molecule has 5 heteroatoms. The highest BCUT2D eigenvalue weighted by Crippen LogP contribution is 2.39. The molecule has 2 aromatic heterocycles. The number of carbonyl (C=O) groups is 2. The Morgan fingerprint density at radius 1 is 0.867 bits per heavy atom. The smallest absolute Gasteiger partial charge is 0.259 e. The highest BCUT2D eigenvalue weighted by Gasteiger charge is 2.35. The molecule has 0 atom stereocenters. The van der Waals surface area contributed by atoms with Crippen LogP contribution in [0.3, 0.4) is 0 Å². The van der Waals surface area contributed by atoms with E-state index in [0.29, 0.717) is 11.1 Å². The molecule has 0 radical (unpaired) electrons. The molecule has 30 heavy (non-hydrogen) atoms. The third-order valence-electron chi connectivity index (χ3n) is 6.06. The van der Waals surface area contributed by atoms with Gasteiger partial charge in [-0.3, -0.25) is 14.9 Å². The zero-order valence-corrected chi connectivity index (χ0v) is 16.2. The van der Waals surface area contributed by atoms with Crippen LogP contribution < -0.4 is 5.32 Å². The van der Waals surface area contributed by atoms with E-state index in [4.69, 9.17) is 0 Å². The summed E-state index contributed by atoms with van der Waals surface area (Å²) in [6, 6.07) is 14.0. The first kappa shape index (κ1) is 17.0. The van der Waals surface area contributed by atoms with Gasteiger partial charge in [0.1, 0.15) is 0 Å². The van der Waals surface area contributed by atoms with E-state index in [1.165, 1.54) is 0 Å². The standard InChI is InChI=1S/C25H19N3O2/c29-24-21(18-13-26-20-11-4-3-9-16(18)20)22(25(30)27-24)19-14-28-12-5-1-2-7-15-8-6-10-17(19)23(15)28/h2-4,6-11,13-14,26H,1,5,12H2,(H,27,29,30). The summed E-state index contributed by atoms with van der Waals surface area (Å²) in [6.45, 7) is 0.878. The van der Waals surface area contributed by atoms with Crippen molar-refractivity contribution in [3.05, 3.63) is 77.6 Å². The first-order valence-corrected chi connectivity index (χ1v) is 10.2. The molecule has 2 aliphatic rings. The molecular formula is C25H19N3O2. The number of nitrogens with zero attached hydrogens (tertiary/aromatic N) is 1. The maximum Gasteiger partial charge on any atom is 0.259 e. The number of amides is 2. The fourth-order valence-corrected chi connectivity index (χ4v) is 4.74. The quantitative estimate of drug-likeness (QED) is 0.493. The molecule has 4 heterocycles. The Morgan fingerprint density at radius 2 is 1.67 bits per heavy atom. The lowest BCUT2D eigenvalue weighted by Gasteiger charge is -2.09. The van der Waals surface area contributed by atoms with Gasteiger partial charge in [-0.1, -0.05) is 48.6 Å². The summed E-state index contributed by atoms with van der Waals surface area (Å²) in [7, 11) is 0. The monoisotopic (exact) mass is 393 g/mol. The van der Waals surface area contributed by atoms with Crippen LogP contribution in [0.1, 0.15) is 29.5 Å². The van der Waals surface area contributed by atoms with Gasteiger partial charge in [0.05, 0.1) is 16.7 Å². The van der Waals surface area contributed by atoms with E-state index in [1.54, 1.807) is 0 Å². The van der Waals surface area contributed by atoms with Gasteiger partial charge in [-0.25, -0.2) is 0 Å². The minimum atomic E-state index is -0.346. The second kappa shape index (κ2) is 6.32. The lowest BCUT2D eigenvalue weighted by molar-refractivity contribution is -0.122. The third kappa shape index (κ3) is 2.35. The molecule has 2 amide bonds. The number of hydrogen-bond donors (Lipinski definition) is 2. The van der Waals surface area contributed by atoms with Gasteiger partial charge in [-0.15, -0.1) is 0 Å². The van der Waals surface area contributed by atoms with E-state index in [2.05, 4.69) is 33.1 Å². The van der Waals surface area contributed by atoms with Gasteiger partial charge in [-0.2, -0.15) is 0 Å². The molecule has 2 aliphatic heterocycles. The molecule has 0 unspecified atom stereocenters. The van der Waals surface area contributed by atoms with Gasteiger partial charge >= 0.3 is 0 Å². The van der Waals surface area contributed by atoms with Crippen LogP contribution in [0.25, 0.3) is 39.0 Å². The molecule has 0 spiro atoms. The lowest BCUT2D eigenvalue weighted by atomic mass is 9.95. The van der Waals surface area contributed by atoms with E-state index in [9.17, 15) is 9.59 Å². The van der Waals surface area contributed by atoms with Crippen molar-refractivity contribution in [2.75, 3.05) is 0 Å². The maximum absolute atomic E-state index is 13.0. The number of rotatable bonds is 2. The van der Waals surface area contributed by atoms with E-state index in [0.717, 1.165) is 57.9 Å². The molecule has 0 saturated carbocycles. The average Bonchev–Trinajstić information content (AvgIpc) is 3.39. The van der Waals surface area contributed by atoms with Gasteiger partial charge in [0, 0.05) is 46.4 Å². The van der Waals surface area contributed by atoms with Gasteiger partial charge < -0.3 is 9.55 Å². The van der Waals surface area contributed by atoms with Gasteiger partial charge in [0.2, 0.25) is 0 Å². The SMILES string of the molecule is O=C1NC(=O)C(c2cn3c4c(cccc24)C=CCCC3)=C1c1c[nH]c2ccccc12. The van der Waals surface area contributed by atoms with Crippen molar-refractivity contribution < 1.29 is 9.59 Å². The number of imide groups is 1. The van der Waals surface area contributed by atoms with Crippen molar-refractivity contribution in [3.8, 4) is 0 Å². The van der Waals surface area contributed by atoms with Crippen LogP contribution >= 0.6 is 0 Å². The van der Waals surface area contributed by atoms with Crippen LogP contribution in [0.15, 0.2) is 60.9 Å². The number of benzene rings is 2. The summed E-state index contributed by atoms with van der Waals surface area (Å²) < 4.78 is 2.22. The summed E-state index contributed by atoms with van der Waals surface area (Å²) in [5, 5.41) is 4.45. The van der Waals surface area contributed by atoms with Crippen molar-refractivity contribution in [2.45, 2.75) is 19.4 Å². The topological polar surface area (TPSA) is 66.9 Å². The second-order valence-electron chi connectivity index (χ2n) is 7.81. The Bertz CT molecular complexity index is 1430. The number of hydrogen-bond acceptors (Lipinski definition) is 2. The van der Waals surface area contributed by atoms with E-state index in [1.807, 2.05) is 48.8 Å². The Balaban J connectivity index is 1.68. The maximum atomic E-state index is 13.0. The Labute approximate surface area is 172 Å². The number of para-hydroxylation sites is 2. The van der Waals surface area contributed by atoms with Crippen LogP contribution in [-0.4, -0.2) is 21.4 Å². The summed E-state index contributed by atoms with van der Waals surface area (Å²) in [6.07, 6.45) is 10.3. The van der Waals surface area contributed by atoms with Gasteiger partial charge in [-0.05, 0) is 24.5 Å². The van der Waals surface area contributed by atoms with Crippen LogP contribution in [0, 0.1) is 0 Å². The third-order valence-corrected chi connectivity index (χ3v) is 6.06. The number of aryl methyl sites for hydroxylation is 1. The number of aromatic amines is 1. The van der Waals surface area contributed by atoms with Crippen molar-refractivity contribution in [3.63, 3.8) is 0 Å². The summed E-state index contributed by atoms with van der Waals surface area (Å²) in [4.78, 5) is 29.1. The number of carbonyl (C=O) groups excluding carboxylic acids is 2. The first-order chi connectivity index (χ1) is 14.7. The van der Waals surface area contributed by atoms with Crippen LogP contribution in [-0.2, 0) is 16.1 Å². The molecule has 0 aliphatic carbocycles. The fraction of sp³-hybridized carbons (Fsp3) is 0.120. The normalized spacial score (nSPS) is 16.4. The molecule has 2 N–H and O–H groups in total. The van der Waals surface area contributed by atoms with E-state index in [-0.39, 0.29) is 11.8 Å². The van der Waals surface area contributed by atoms with Crippen molar-refractivity contribution in [2.24, 2.45) is 0 Å². The zero-order valence-electron chi connectivity index (χ0n) is 16.2. The zero-order chi connectivity index (χ0) is 20.2. The minimum Gasteiger partial charge on any atom is -0.361 e. The van der Waals surface area contributed by atoms with Crippen LogP contribution in [0.5, 0.6) is 0 Å².